The van der Waals surface area contributed by atoms with Crippen molar-refractivity contribution >= 4 is 16.8 Å². The van der Waals surface area contributed by atoms with Gasteiger partial charge in [0.15, 0.2) is 0 Å². The summed E-state index contributed by atoms with van der Waals surface area (Å²) in [4.78, 5) is 22.5. The first-order valence-electron chi connectivity index (χ1n) is 10.2. The van der Waals surface area contributed by atoms with Gasteiger partial charge < -0.3 is 24.1 Å². The van der Waals surface area contributed by atoms with Gasteiger partial charge in [-0.2, -0.15) is 0 Å². The molecule has 4 heterocycles. The third-order valence-electron chi connectivity index (χ3n) is 5.69. The average molecular weight is 408 g/mol. The summed E-state index contributed by atoms with van der Waals surface area (Å²) in [5.41, 5.74) is 0.573. The second kappa shape index (κ2) is 7.28. The molecule has 5 rings (SSSR count). The van der Waals surface area contributed by atoms with Crippen LogP contribution in [-0.2, 0) is 6.42 Å². The van der Waals surface area contributed by atoms with Crippen LogP contribution in [0.5, 0.6) is 11.6 Å². The Morgan fingerprint density at radius 1 is 1.17 bits per heavy atom. The van der Waals surface area contributed by atoms with Crippen molar-refractivity contribution in [1.82, 2.24) is 15.3 Å². The van der Waals surface area contributed by atoms with Gasteiger partial charge in [-0.05, 0) is 31.5 Å². The maximum atomic E-state index is 11.5. The Bertz CT molecular complexity index is 1140. The zero-order chi connectivity index (χ0) is 20.7. The summed E-state index contributed by atoms with van der Waals surface area (Å²) in [6.07, 6.45) is 1.97. The van der Waals surface area contributed by atoms with Gasteiger partial charge in [-0.3, -0.25) is 0 Å². The summed E-state index contributed by atoms with van der Waals surface area (Å²) in [5.74, 6) is 2.12. The van der Waals surface area contributed by atoms with E-state index in [0.717, 1.165) is 42.9 Å². The average Bonchev–Trinajstić information content (AvgIpc) is 2.74. The molecule has 0 saturated carbocycles. The molecule has 0 radical (unpaired) electrons. The Morgan fingerprint density at radius 2 is 2.00 bits per heavy atom. The van der Waals surface area contributed by atoms with Crippen LogP contribution in [0.25, 0.3) is 11.0 Å². The molecule has 1 saturated heterocycles. The largest absolute Gasteiger partial charge is 0.484 e. The second-order valence-electron chi connectivity index (χ2n) is 8.22. The Morgan fingerprint density at radius 3 is 2.83 bits per heavy atom. The maximum absolute atomic E-state index is 11.5. The van der Waals surface area contributed by atoms with Crippen LogP contribution < -0.4 is 25.3 Å². The Hall–Kier alpha value is -3.13. The van der Waals surface area contributed by atoms with Crippen LogP contribution in [0.4, 0.5) is 5.82 Å². The first-order valence-corrected chi connectivity index (χ1v) is 10.2. The molecular weight excluding hydrogens is 384 g/mol. The highest BCUT2D eigenvalue weighted by Gasteiger charge is 2.39. The molecule has 30 heavy (non-hydrogen) atoms. The molecule has 0 bridgehead atoms. The van der Waals surface area contributed by atoms with Crippen molar-refractivity contribution in [2.24, 2.45) is 0 Å². The fourth-order valence-corrected chi connectivity index (χ4v) is 3.98. The first kappa shape index (κ1) is 18.9. The first-order chi connectivity index (χ1) is 14.5. The van der Waals surface area contributed by atoms with Crippen molar-refractivity contribution in [2.75, 3.05) is 31.1 Å². The third kappa shape index (κ3) is 3.59. The zero-order valence-electron chi connectivity index (χ0n) is 17.1. The molecule has 156 valence electrons. The van der Waals surface area contributed by atoms with Gasteiger partial charge in [-0.1, -0.05) is 0 Å². The molecule has 2 aliphatic rings. The lowest BCUT2D eigenvalue weighted by Gasteiger charge is -2.39. The molecule has 2 aliphatic heterocycles. The molecule has 0 aliphatic carbocycles. The smallest absolute Gasteiger partial charge is 0.336 e. The normalized spacial score (nSPS) is 20.5. The van der Waals surface area contributed by atoms with E-state index in [1.807, 2.05) is 26.0 Å². The monoisotopic (exact) mass is 408 g/mol. The molecule has 0 amide bonds. The number of piperazine rings is 1. The van der Waals surface area contributed by atoms with Gasteiger partial charge in [0.25, 0.3) is 0 Å². The number of nitrogens with zero attached hydrogens (tertiary/aromatic N) is 3. The van der Waals surface area contributed by atoms with E-state index in [-0.39, 0.29) is 11.7 Å². The van der Waals surface area contributed by atoms with Crippen LogP contribution >= 0.6 is 0 Å². The number of rotatable bonds is 3. The number of hydrogen-bond donors (Lipinski definition) is 1. The van der Waals surface area contributed by atoms with E-state index < -0.39 is 5.60 Å². The molecule has 0 spiro atoms. The predicted octanol–water partition coefficient (Wildman–Crippen LogP) is 2.15. The highest BCUT2D eigenvalue weighted by molar-refractivity contribution is 5.79. The number of anilines is 1. The van der Waals surface area contributed by atoms with Crippen LogP contribution in [0.2, 0.25) is 0 Å². The minimum atomic E-state index is -0.587. The SMILES string of the molecule is CC1(C)Oc2cc3oc(=O)ccc3cc2C[C@@H]1Oc1cc(N2CCNCC2)ncn1. The lowest BCUT2D eigenvalue weighted by molar-refractivity contribution is -0.0287. The minimum Gasteiger partial charge on any atom is -0.484 e. The van der Waals surface area contributed by atoms with Crippen molar-refractivity contribution in [1.29, 1.82) is 0 Å². The number of aromatic nitrogens is 2. The van der Waals surface area contributed by atoms with Gasteiger partial charge in [0.1, 0.15) is 35.2 Å². The summed E-state index contributed by atoms with van der Waals surface area (Å²) in [5, 5.41) is 4.20. The molecule has 1 fully saturated rings. The van der Waals surface area contributed by atoms with Crippen LogP contribution in [0.15, 0.2) is 45.9 Å². The summed E-state index contributed by atoms with van der Waals surface area (Å²) < 4.78 is 17.8. The van der Waals surface area contributed by atoms with Crippen LogP contribution in [0.3, 0.4) is 0 Å². The van der Waals surface area contributed by atoms with E-state index in [2.05, 4.69) is 20.2 Å². The minimum absolute atomic E-state index is 0.232. The van der Waals surface area contributed by atoms with Gasteiger partial charge in [-0.25, -0.2) is 14.8 Å². The molecule has 1 N–H and O–H groups in total. The lowest BCUT2D eigenvalue weighted by atomic mass is 9.90. The summed E-state index contributed by atoms with van der Waals surface area (Å²) in [7, 11) is 0. The predicted molar refractivity (Wildman–Crippen MR) is 112 cm³/mol. The molecule has 8 nitrogen and oxygen atoms in total. The maximum Gasteiger partial charge on any atom is 0.336 e. The summed E-state index contributed by atoms with van der Waals surface area (Å²) >= 11 is 0. The number of fused-ring (bicyclic) bond motifs is 2. The quantitative estimate of drug-likeness (QED) is 0.660. The van der Waals surface area contributed by atoms with Gasteiger partial charge in [0.2, 0.25) is 5.88 Å². The number of hydrogen-bond acceptors (Lipinski definition) is 8. The number of benzene rings is 1. The number of nitrogens with one attached hydrogen (secondary N) is 1. The van der Waals surface area contributed by atoms with Gasteiger partial charge in [0, 0.05) is 56.2 Å². The van der Waals surface area contributed by atoms with E-state index in [0.29, 0.717) is 23.6 Å². The fourth-order valence-electron chi connectivity index (χ4n) is 3.98. The van der Waals surface area contributed by atoms with E-state index >= 15 is 0 Å². The highest BCUT2D eigenvalue weighted by atomic mass is 16.6. The third-order valence-corrected chi connectivity index (χ3v) is 5.69. The van der Waals surface area contributed by atoms with Crippen LogP contribution in [0.1, 0.15) is 19.4 Å². The second-order valence-corrected chi connectivity index (χ2v) is 8.22. The van der Waals surface area contributed by atoms with E-state index in [9.17, 15) is 4.79 Å². The Balaban J connectivity index is 1.41. The molecule has 0 unspecified atom stereocenters. The van der Waals surface area contributed by atoms with Gasteiger partial charge in [-0.15, -0.1) is 0 Å². The van der Waals surface area contributed by atoms with Crippen molar-refractivity contribution < 1.29 is 13.9 Å². The van der Waals surface area contributed by atoms with Crippen molar-refractivity contribution in [2.45, 2.75) is 32.0 Å². The lowest BCUT2D eigenvalue weighted by Crippen LogP contribution is -2.49. The van der Waals surface area contributed by atoms with E-state index in [1.54, 1.807) is 18.5 Å². The standard InChI is InChI=1S/C22H24N4O4/c1-22(2)18(29-20-12-19(24-13-25-20)26-7-5-23-6-8-26)10-15-9-14-3-4-21(27)28-16(14)11-17(15)30-22/h3-4,9,11-13,18,23H,5-8,10H2,1-2H3/t18-/m0/s1. The Labute approximate surface area is 173 Å². The summed E-state index contributed by atoms with van der Waals surface area (Å²) in [6, 6.07) is 8.87. The van der Waals surface area contributed by atoms with Gasteiger partial charge in [0.05, 0.1) is 0 Å². The zero-order valence-corrected chi connectivity index (χ0v) is 17.1. The van der Waals surface area contributed by atoms with Crippen LogP contribution in [-0.4, -0.2) is 47.9 Å². The molecule has 1 atom stereocenters. The van der Waals surface area contributed by atoms with E-state index in [4.69, 9.17) is 13.9 Å². The van der Waals surface area contributed by atoms with Crippen LogP contribution in [0, 0.1) is 0 Å². The molecule has 1 aromatic carbocycles. The van der Waals surface area contributed by atoms with E-state index in [1.165, 1.54) is 6.07 Å². The van der Waals surface area contributed by atoms with Crippen molar-refractivity contribution in [3.05, 3.63) is 52.6 Å². The van der Waals surface area contributed by atoms with Crippen molar-refractivity contribution in [3.63, 3.8) is 0 Å². The van der Waals surface area contributed by atoms with Crippen molar-refractivity contribution in [3.8, 4) is 11.6 Å². The molecule has 8 heteroatoms. The number of ether oxygens (including phenoxy) is 2. The Kier molecular flexibility index (Phi) is 4.58. The summed E-state index contributed by atoms with van der Waals surface area (Å²) in [6.45, 7) is 7.67. The topological polar surface area (TPSA) is 89.7 Å². The highest BCUT2D eigenvalue weighted by Crippen LogP contribution is 2.37. The molecule has 3 aromatic rings. The molecule has 2 aromatic heterocycles. The van der Waals surface area contributed by atoms with Gasteiger partial charge >= 0.3 is 5.63 Å². The molecular formula is C22H24N4O4. The fraction of sp³-hybridized carbons (Fsp3) is 0.409.